The van der Waals surface area contributed by atoms with Gasteiger partial charge in [-0.3, -0.25) is 39.0 Å². The fourth-order valence-corrected chi connectivity index (χ4v) is 17.7. The molecule has 8 fully saturated rings. The van der Waals surface area contributed by atoms with E-state index in [-0.39, 0.29) is 60.3 Å². The van der Waals surface area contributed by atoms with Crippen molar-refractivity contribution in [3.8, 4) is 22.4 Å². The van der Waals surface area contributed by atoms with Crippen LogP contribution in [0.15, 0.2) is 54.7 Å². The van der Waals surface area contributed by atoms with Crippen LogP contribution in [0.4, 0.5) is 5.69 Å². The number of piperazine rings is 1. The maximum atomic E-state index is 15.5. The molecule has 2 aromatic heterocycles. The molecule has 6 bridgehead atoms. The van der Waals surface area contributed by atoms with Gasteiger partial charge < -0.3 is 38.4 Å². The molecule has 9 aliphatic rings. The average Bonchev–Trinajstić information content (AvgIpc) is 1.59. The van der Waals surface area contributed by atoms with Gasteiger partial charge in [-0.25, -0.2) is 5.43 Å². The molecule has 2 aromatic carbocycles. The van der Waals surface area contributed by atoms with E-state index >= 15 is 9.59 Å². The summed E-state index contributed by atoms with van der Waals surface area (Å²) in [5, 5.41) is 6.08. The third-order valence-electron chi connectivity index (χ3n) is 21.1. The van der Waals surface area contributed by atoms with E-state index in [4.69, 9.17) is 19.2 Å². The van der Waals surface area contributed by atoms with E-state index in [0.717, 1.165) is 153 Å². The highest BCUT2D eigenvalue weighted by Crippen LogP contribution is 2.52. The summed E-state index contributed by atoms with van der Waals surface area (Å²) in [4.78, 5) is 74.3. The van der Waals surface area contributed by atoms with Gasteiger partial charge in [0, 0.05) is 111 Å². The third kappa shape index (κ3) is 12.1. The molecule has 3 amide bonds. The Bertz CT molecular complexity index is 3250. The highest BCUT2D eigenvalue weighted by Gasteiger charge is 2.68. The van der Waals surface area contributed by atoms with Gasteiger partial charge in [0.1, 0.15) is 16.8 Å². The summed E-state index contributed by atoms with van der Waals surface area (Å²) in [6, 6.07) is 15.4. The molecule has 2 N–H and O–H groups in total. The molecule has 1 spiro atoms. The van der Waals surface area contributed by atoms with Gasteiger partial charge in [-0.15, -0.1) is 4.31 Å². The van der Waals surface area contributed by atoms with E-state index in [1.54, 1.807) is 12.1 Å². The molecular formula is C68H94N10O8S. The second kappa shape index (κ2) is 24.3. The minimum absolute atomic E-state index is 0.0625. The summed E-state index contributed by atoms with van der Waals surface area (Å²) in [6.45, 7) is 23.7. The zero-order valence-corrected chi connectivity index (χ0v) is 53.6. The van der Waals surface area contributed by atoms with Crippen molar-refractivity contribution in [2.45, 2.75) is 179 Å². The Hall–Kier alpha value is -5.12. The molecule has 4 aromatic rings. The number of morpholine rings is 1. The molecule has 6 saturated heterocycles. The summed E-state index contributed by atoms with van der Waals surface area (Å²) in [7, 11) is 1.74. The fraction of sp³-hybridized carbons (Fsp3) is 0.662. The Kier molecular flexibility index (Phi) is 16.9. The van der Waals surface area contributed by atoms with Gasteiger partial charge in [-0.1, -0.05) is 57.0 Å². The van der Waals surface area contributed by atoms with Crippen molar-refractivity contribution in [1.29, 1.82) is 0 Å². The molecule has 19 heteroatoms. The summed E-state index contributed by atoms with van der Waals surface area (Å²) < 4.78 is 36.1. The number of anilines is 1. The maximum absolute atomic E-state index is 15.5. The van der Waals surface area contributed by atoms with Gasteiger partial charge in [-0.05, 0) is 151 Å². The number of hydrogen-bond donors (Lipinski definition) is 2. The van der Waals surface area contributed by atoms with Gasteiger partial charge in [0.05, 0.1) is 67.3 Å². The van der Waals surface area contributed by atoms with E-state index < -0.39 is 45.6 Å². The zero-order chi connectivity index (χ0) is 60.7. The van der Waals surface area contributed by atoms with E-state index in [9.17, 15) is 14.1 Å². The Labute approximate surface area is 518 Å². The summed E-state index contributed by atoms with van der Waals surface area (Å²) in [6.07, 6.45) is 11.6. The fourth-order valence-electron chi connectivity index (χ4n) is 16.2. The number of ether oxygens (including phenoxy) is 3. The number of rotatable bonds is 12. The number of aryl methyl sites for hydroxylation is 1. The number of benzene rings is 2. The van der Waals surface area contributed by atoms with Gasteiger partial charge in [0.2, 0.25) is 11.8 Å². The number of nitrogens with zero attached hydrogens (tertiary/aromatic N) is 8. The minimum atomic E-state index is -1.25. The number of methoxy groups -OCH3 is 1. The van der Waals surface area contributed by atoms with E-state index in [1.807, 2.05) is 36.2 Å². The Morgan fingerprint density at radius 2 is 1.74 bits per heavy atom. The molecule has 7 aliphatic heterocycles. The first kappa shape index (κ1) is 60.8. The van der Waals surface area contributed by atoms with Crippen LogP contribution in [0.5, 0.6) is 0 Å². The number of carbonyl (C=O) groups is 4. The van der Waals surface area contributed by atoms with Gasteiger partial charge in [-0.2, -0.15) is 0 Å². The standard InChI is InChI=1S/C68H94N10O8S/c1-9-76-56-22-21-48-34-51(56)53(60(76)52-35-49(37-69-57(52)43(2)84-8)73-29-28-72-30-31-85-39-50(72)38-73)36-67(6,7)42-86-65(82)54-18-13-25-77(71-54)63(80)55(33-44-14-12-17-47(48)32-44)70-62(79)59(45-15-10-11-16-45)74-26-23-68(40-74)24-27-75(41-68)64(81)61-58(46-19-20-46)78(61)87(83)66(3,4)5/h12,14,17,21-22,32,34-35,37,43,45-46,50,54-55,58-59,61,71H,9-11,13,15-16,18-20,23-31,33,36,38-42H2,1-8H3,(H,70,79)/t43-,50-,54-,55-,58+,59-,61+,68-,78?,87+/m0/s1. The largest absolute Gasteiger partial charge is 0.597 e. The van der Waals surface area contributed by atoms with Gasteiger partial charge in [0.25, 0.3) is 5.91 Å². The van der Waals surface area contributed by atoms with Crippen molar-refractivity contribution in [2.24, 2.45) is 22.7 Å². The first-order chi connectivity index (χ1) is 41.8. The summed E-state index contributed by atoms with van der Waals surface area (Å²) in [5.41, 5.74) is 11.9. The first-order valence-electron chi connectivity index (χ1n) is 32.9. The number of nitrogens with one attached hydrogen (secondary N) is 2. The van der Waals surface area contributed by atoms with Crippen molar-refractivity contribution in [2.75, 3.05) is 90.7 Å². The summed E-state index contributed by atoms with van der Waals surface area (Å²) >= 11 is -1.25. The van der Waals surface area contributed by atoms with Crippen LogP contribution >= 0.6 is 0 Å². The second-order valence-corrected chi connectivity index (χ2v) is 31.1. The molecule has 0 radical (unpaired) electrons. The van der Waals surface area contributed by atoms with Crippen LogP contribution in [0, 0.1) is 22.7 Å². The second-order valence-electron chi connectivity index (χ2n) is 29.0. The van der Waals surface area contributed by atoms with Crippen LogP contribution < -0.4 is 15.6 Å². The molecular weight excluding hydrogens is 1120 g/mol. The highest BCUT2D eigenvalue weighted by molar-refractivity contribution is 7.90. The van der Waals surface area contributed by atoms with Crippen LogP contribution in [0.3, 0.4) is 0 Å². The van der Waals surface area contributed by atoms with Crippen LogP contribution in [-0.4, -0.2) is 189 Å². The molecule has 470 valence electrons. The lowest BCUT2D eigenvalue weighted by Crippen LogP contribution is -2.62. The number of hydrogen-bond acceptors (Lipinski definition) is 14. The quantitative estimate of drug-likeness (QED) is 0.0802. The van der Waals surface area contributed by atoms with Crippen LogP contribution in [0.25, 0.3) is 33.3 Å². The van der Waals surface area contributed by atoms with Crippen LogP contribution in [0.1, 0.15) is 136 Å². The van der Waals surface area contributed by atoms with Gasteiger partial charge in [0.15, 0.2) is 6.04 Å². The van der Waals surface area contributed by atoms with E-state index in [1.165, 1.54) is 0 Å². The van der Waals surface area contributed by atoms with Crippen molar-refractivity contribution < 1.29 is 37.9 Å². The minimum Gasteiger partial charge on any atom is -0.597 e. The third-order valence-corrected chi connectivity index (χ3v) is 23.0. The Balaban J connectivity index is 0.814. The van der Waals surface area contributed by atoms with Crippen LogP contribution in [0.2, 0.25) is 0 Å². The van der Waals surface area contributed by atoms with Crippen molar-refractivity contribution in [1.82, 2.24) is 44.3 Å². The number of likely N-dealkylation sites (tertiary alicyclic amines) is 2. The summed E-state index contributed by atoms with van der Waals surface area (Å²) in [5.74, 6) is -0.135. The lowest BCUT2D eigenvalue weighted by Gasteiger charge is -2.44. The molecule has 2 aliphatic carbocycles. The smallest absolute Gasteiger partial charge is 0.324 e. The van der Waals surface area contributed by atoms with Crippen molar-refractivity contribution >= 4 is 51.6 Å². The zero-order valence-electron chi connectivity index (χ0n) is 52.8. The predicted octanol–water partition coefficient (Wildman–Crippen LogP) is 7.68. The lowest BCUT2D eigenvalue weighted by atomic mass is 9.84. The topological polar surface area (TPSA) is 180 Å². The number of fused-ring (bicyclic) bond motifs is 7. The number of hydrazine groups is 1. The number of cyclic esters (lactones) is 1. The molecule has 1 unspecified atom stereocenters. The van der Waals surface area contributed by atoms with E-state index in [2.05, 4.69) is 106 Å². The number of pyridine rings is 1. The molecule has 18 nitrogen and oxygen atoms in total. The van der Waals surface area contributed by atoms with Crippen LogP contribution in [-0.2, 0) is 64.1 Å². The molecule has 10 atom stereocenters. The molecule has 2 saturated carbocycles. The monoisotopic (exact) mass is 1210 g/mol. The van der Waals surface area contributed by atoms with Gasteiger partial charge >= 0.3 is 5.97 Å². The Morgan fingerprint density at radius 3 is 2.51 bits per heavy atom. The number of aromatic nitrogens is 2. The highest BCUT2D eigenvalue weighted by atomic mass is 32.2. The lowest BCUT2D eigenvalue weighted by molar-refractivity contribution is -0.155. The molecule has 13 rings (SSSR count). The normalized spacial score (nSPS) is 29.5. The van der Waals surface area contributed by atoms with Crippen molar-refractivity contribution in [3.05, 3.63) is 71.5 Å². The SMILES string of the molecule is CCn1c(-c2cc(N3CCN4CCOC[C@@H]4C3)cnc2[C@H](C)OC)c2c3cc(ccc31)-c1cccc(c1)C[C@H](NC(=O)[C@H](C1CCCC1)N1CC[C@]3(CCN(C(=O)[C@H]4[C@@H](C5CC5)N4[S@+]([O-])C(C)(C)C)C3)C1)C(=O)N1CCC[C@H](N1)C(=O)OCC(C)(C)C2. The maximum Gasteiger partial charge on any atom is 0.324 e. The number of carbonyl (C=O) groups excluding carboxylic acids is 4. The molecule has 87 heavy (non-hydrogen) atoms. The first-order valence-corrected chi connectivity index (χ1v) is 34.0. The molecule has 9 heterocycles. The average molecular weight is 1210 g/mol. The van der Waals surface area contributed by atoms with Crippen molar-refractivity contribution in [3.63, 3.8) is 0 Å². The predicted molar refractivity (Wildman–Crippen MR) is 338 cm³/mol. The Morgan fingerprint density at radius 1 is 0.943 bits per heavy atom. The number of esters is 1. The number of amides is 3. The van der Waals surface area contributed by atoms with E-state index in [0.29, 0.717) is 63.9 Å².